The van der Waals surface area contributed by atoms with Gasteiger partial charge in [-0.2, -0.15) is 4.31 Å². The van der Waals surface area contributed by atoms with Crippen LogP contribution in [0.4, 0.5) is 5.69 Å². The van der Waals surface area contributed by atoms with Gasteiger partial charge in [0, 0.05) is 30.9 Å². The molecule has 0 radical (unpaired) electrons. The Labute approximate surface area is 177 Å². The van der Waals surface area contributed by atoms with E-state index in [4.69, 9.17) is 0 Å². The molecule has 2 aromatic carbocycles. The number of rotatable bonds is 4. The number of nitrogens with zero attached hydrogens (tertiary/aromatic N) is 2. The van der Waals surface area contributed by atoms with Crippen LogP contribution in [0.15, 0.2) is 59.5 Å². The largest absolute Gasteiger partial charge is 0.298 e. The van der Waals surface area contributed by atoms with E-state index in [-0.39, 0.29) is 35.0 Å². The SMILES string of the molecule is O=C1C[C@@H](c2ccccc2)[C@]2(CCCC2=O)C(=O)N1S(=O)(=O)c1ccc([N+](=O)[O-])cc1. The Hall–Kier alpha value is -3.40. The summed E-state index contributed by atoms with van der Waals surface area (Å²) in [5, 5.41) is 10.8. The van der Waals surface area contributed by atoms with Crippen molar-refractivity contribution in [2.45, 2.75) is 36.5 Å². The number of non-ortho nitro benzene ring substituents is 1. The lowest BCUT2D eigenvalue weighted by molar-refractivity contribution is -0.384. The van der Waals surface area contributed by atoms with E-state index in [0.29, 0.717) is 12.0 Å². The van der Waals surface area contributed by atoms with Gasteiger partial charge in [0.15, 0.2) is 0 Å². The van der Waals surface area contributed by atoms with E-state index in [2.05, 4.69) is 0 Å². The van der Waals surface area contributed by atoms with Gasteiger partial charge in [-0.05, 0) is 30.5 Å². The van der Waals surface area contributed by atoms with Crippen LogP contribution < -0.4 is 0 Å². The third kappa shape index (κ3) is 3.14. The Morgan fingerprint density at radius 1 is 1.00 bits per heavy atom. The zero-order chi connectivity index (χ0) is 22.4. The average Bonchev–Trinajstić information content (AvgIpc) is 3.13. The second kappa shape index (κ2) is 7.38. The number of hydrogen-bond donors (Lipinski definition) is 0. The highest BCUT2D eigenvalue weighted by atomic mass is 32.2. The number of ketones is 1. The van der Waals surface area contributed by atoms with E-state index in [1.165, 1.54) is 0 Å². The molecule has 1 spiro atoms. The molecule has 4 rings (SSSR count). The van der Waals surface area contributed by atoms with Crippen LogP contribution in [0.1, 0.15) is 37.2 Å². The molecule has 0 bridgehead atoms. The maximum absolute atomic E-state index is 13.5. The van der Waals surface area contributed by atoms with Crippen LogP contribution in [0.3, 0.4) is 0 Å². The molecule has 1 heterocycles. The Morgan fingerprint density at radius 2 is 1.65 bits per heavy atom. The summed E-state index contributed by atoms with van der Waals surface area (Å²) >= 11 is 0. The third-order valence-electron chi connectivity index (χ3n) is 6.03. The lowest BCUT2D eigenvalue weighted by atomic mass is 9.66. The predicted molar refractivity (Wildman–Crippen MR) is 107 cm³/mol. The predicted octanol–water partition coefficient (Wildman–Crippen LogP) is 2.57. The highest BCUT2D eigenvalue weighted by molar-refractivity contribution is 7.90. The monoisotopic (exact) mass is 442 g/mol. The zero-order valence-corrected chi connectivity index (χ0v) is 17.1. The fourth-order valence-corrected chi connectivity index (χ4v) is 5.95. The van der Waals surface area contributed by atoms with Gasteiger partial charge in [0.25, 0.3) is 21.6 Å². The highest BCUT2D eigenvalue weighted by Crippen LogP contribution is 2.52. The number of Topliss-reactive ketones (excluding diaryl/α,β-unsaturated/α-hetero) is 1. The molecule has 0 unspecified atom stereocenters. The Bertz CT molecular complexity index is 1190. The number of carbonyl (C=O) groups is 3. The van der Waals surface area contributed by atoms with Crippen molar-refractivity contribution < 1.29 is 27.7 Å². The minimum absolute atomic E-state index is 0.134. The zero-order valence-electron chi connectivity index (χ0n) is 16.3. The van der Waals surface area contributed by atoms with Crippen molar-refractivity contribution in [3.63, 3.8) is 0 Å². The average molecular weight is 442 g/mol. The molecule has 2 atom stereocenters. The Kier molecular flexibility index (Phi) is 4.97. The van der Waals surface area contributed by atoms with Gasteiger partial charge in [0.05, 0.1) is 9.82 Å². The molecule has 9 nitrogen and oxygen atoms in total. The molecule has 1 aliphatic heterocycles. The number of carbonyl (C=O) groups excluding carboxylic acids is 3. The lowest BCUT2D eigenvalue weighted by Crippen LogP contribution is -2.58. The van der Waals surface area contributed by atoms with Gasteiger partial charge in [0.2, 0.25) is 5.91 Å². The minimum Gasteiger partial charge on any atom is -0.298 e. The van der Waals surface area contributed by atoms with Gasteiger partial charge < -0.3 is 0 Å². The molecule has 160 valence electrons. The second-order valence-electron chi connectivity index (χ2n) is 7.63. The first-order chi connectivity index (χ1) is 14.7. The molecule has 2 amide bonds. The normalized spacial score (nSPS) is 24.1. The van der Waals surface area contributed by atoms with E-state index in [1.807, 2.05) is 0 Å². The van der Waals surface area contributed by atoms with E-state index >= 15 is 0 Å². The van der Waals surface area contributed by atoms with Crippen LogP contribution in [-0.4, -0.2) is 35.2 Å². The summed E-state index contributed by atoms with van der Waals surface area (Å²) in [5.41, 5.74) is -1.32. The van der Waals surface area contributed by atoms with Crippen LogP contribution in [0.2, 0.25) is 0 Å². The molecular weight excluding hydrogens is 424 g/mol. The number of benzene rings is 2. The molecule has 1 saturated carbocycles. The maximum Gasteiger partial charge on any atom is 0.273 e. The molecule has 1 saturated heterocycles. The maximum atomic E-state index is 13.5. The van der Waals surface area contributed by atoms with E-state index in [1.54, 1.807) is 30.3 Å². The summed E-state index contributed by atoms with van der Waals surface area (Å²) in [6.07, 6.45) is 0.402. The van der Waals surface area contributed by atoms with Crippen LogP contribution in [0, 0.1) is 15.5 Å². The minimum atomic E-state index is -4.64. The molecule has 2 aromatic rings. The van der Waals surface area contributed by atoms with Crippen LogP contribution in [-0.2, 0) is 24.4 Å². The van der Waals surface area contributed by atoms with Crippen molar-refractivity contribution >= 4 is 33.3 Å². The standard InChI is InChI=1S/C21H18N2O7S/c24-18-7-4-12-21(18)17(14-5-2-1-3-6-14)13-19(25)22(20(21)26)31(29,30)16-10-8-15(9-11-16)23(27)28/h1-3,5-6,8-11,17H,4,7,12-13H2/t17-,21-/m0/s1. The molecule has 2 aliphatic rings. The van der Waals surface area contributed by atoms with Crippen molar-refractivity contribution in [1.82, 2.24) is 4.31 Å². The summed E-state index contributed by atoms with van der Waals surface area (Å²) in [4.78, 5) is 49.2. The van der Waals surface area contributed by atoms with Crippen molar-refractivity contribution in [3.8, 4) is 0 Å². The summed E-state index contributed by atoms with van der Waals surface area (Å²) in [5.74, 6) is -3.09. The first kappa shape index (κ1) is 20.9. The number of piperidine rings is 1. The lowest BCUT2D eigenvalue weighted by Gasteiger charge is -2.42. The summed E-state index contributed by atoms with van der Waals surface area (Å²) in [7, 11) is -4.64. The number of nitro benzene ring substituents is 1. The smallest absolute Gasteiger partial charge is 0.273 e. The molecule has 1 aliphatic carbocycles. The van der Waals surface area contributed by atoms with Crippen molar-refractivity contribution in [2.75, 3.05) is 0 Å². The summed E-state index contributed by atoms with van der Waals surface area (Å²) in [6, 6.07) is 12.6. The van der Waals surface area contributed by atoms with E-state index < -0.39 is 43.0 Å². The third-order valence-corrected chi connectivity index (χ3v) is 7.74. The number of sulfonamides is 1. The molecule has 0 N–H and O–H groups in total. The quantitative estimate of drug-likeness (QED) is 0.308. The van der Waals surface area contributed by atoms with Crippen LogP contribution >= 0.6 is 0 Å². The van der Waals surface area contributed by atoms with Crippen LogP contribution in [0.5, 0.6) is 0 Å². The molecule has 10 heteroatoms. The number of imide groups is 1. The fraction of sp³-hybridized carbons (Fsp3) is 0.286. The van der Waals surface area contributed by atoms with Gasteiger partial charge in [-0.3, -0.25) is 24.5 Å². The Morgan fingerprint density at radius 3 is 2.19 bits per heavy atom. The molecule has 0 aromatic heterocycles. The topological polar surface area (TPSA) is 132 Å². The Balaban J connectivity index is 1.80. The van der Waals surface area contributed by atoms with Gasteiger partial charge in [-0.1, -0.05) is 30.3 Å². The second-order valence-corrected chi connectivity index (χ2v) is 9.42. The number of nitro groups is 1. The molecule has 31 heavy (non-hydrogen) atoms. The first-order valence-electron chi connectivity index (χ1n) is 9.65. The molecular formula is C21H18N2O7S. The molecule has 2 fully saturated rings. The first-order valence-corrected chi connectivity index (χ1v) is 11.1. The summed E-state index contributed by atoms with van der Waals surface area (Å²) in [6.45, 7) is 0. The van der Waals surface area contributed by atoms with Crippen molar-refractivity contribution in [3.05, 3.63) is 70.3 Å². The number of hydrogen-bond acceptors (Lipinski definition) is 7. The summed E-state index contributed by atoms with van der Waals surface area (Å²) < 4.78 is 26.6. The fourth-order valence-electron chi connectivity index (χ4n) is 4.54. The van der Waals surface area contributed by atoms with Gasteiger partial charge in [0.1, 0.15) is 11.2 Å². The van der Waals surface area contributed by atoms with Crippen molar-refractivity contribution in [2.24, 2.45) is 5.41 Å². The highest BCUT2D eigenvalue weighted by Gasteiger charge is 2.62. The number of amides is 2. The van der Waals surface area contributed by atoms with Gasteiger partial charge in [-0.25, -0.2) is 8.42 Å². The van der Waals surface area contributed by atoms with Gasteiger partial charge in [-0.15, -0.1) is 0 Å². The van der Waals surface area contributed by atoms with Crippen LogP contribution in [0.25, 0.3) is 0 Å². The van der Waals surface area contributed by atoms with E-state index in [9.17, 15) is 32.9 Å². The van der Waals surface area contributed by atoms with Crippen molar-refractivity contribution in [1.29, 1.82) is 0 Å². The van der Waals surface area contributed by atoms with Gasteiger partial charge >= 0.3 is 0 Å². The van der Waals surface area contributed by atoms with E-state index in [0.717, 1.165) is 24.3 Å².